The predicted molar refractivity (Wildman–Crippen MR) is 100.0 cm³/mol. The second-order valence-electron chi connectivity index (χ2n) is 6.21. The summed E-state index contributed by atoms with van der Waals surface area (Å²) in [4.78, 5) is 4.59. The molecule has 0 bridgehead atoms. The lowest BCUT2D eigenvalue weighted by molar-refractivity contribution is -0.138. The molecule has 2 nitrogen and oxygen atoms in total. The normalized spacial score (nSPS) is 14.6. The van der Waals surface area contributed by atoms with E-state index >= 15 is 0 Å². The van der Waals surface area contributed by atoms with Gasteiger partial charge in [-0.05, 0) is 43.0 Å². The van der Waals surface area contributed by atoms with Crippen LogP contribution in [0.25, 0.3) is 0 Å². The SMILES string of the molecule is Cc1c(N=C(C2=CCCC=C2)c2ccccc2)ccc(C#N)c1C(F)(F)F. The number of alkyl halides is 3. The van der Waals surface area contributed by atoms with Crippen molar-refractivity contribution in [3.63, 3.8) is 0 Å². The van der Waals surface area contributed by atoms with Crippen LogP contribution < -0.4 is 0 Å². The van der Waals surface area contributed by atoms with E-state index in [9.17, 15) is 13.2 Å². The molecule has 3 rings (SSSR count). The van der Waals surface area contributed by atoms with Gasteiger partial charge >= 0.3 is 6.18 Å². The molecule has 0 spiro atoms. The van der Waals surface area contributed by atoms with Crippen LogP contribution in [0, 0.1) is 18.3 Å². The number of nitrogens with zero attached hydrogens (tertiary/aromatic N) is 2. The third-order valence-electron chi connectivity index (χ3n) is 4.39. The summed E-state index contributed by atoms with van der Waals surface area (Å²) in [5, 5.41) is 9.06. The number of benzene rings is 2. The highest BCUT2D eigenvalue weighted by Gasteiger charge is 2.36. The van der Waals surface area contributed by atoms with Crippen LogP contribution in [0.1, 0.15) is 35.1 Å². The van der Waals surface area contributed by atoms with Gasteiger partial charge < -0.3 is 0 Å². The smallest absolute Gasteiger partial charge is 0.248 e. The Kier molecular flexibility index (Phi) is 5.27. The van der Waals surface area contributed by atoms with Crippen LogP contribution in [0.5, 0.6) is 0 Å². The predicted octanol–water partition coefficient (Wildman–Crippen LogP) is 6.28. The molecule has 0 saturated heterocycles. The molecule has 0 fully saturated rings. The maximum Gasteiger partial charge on any atom is 0.418 e. The molecule has 0 atom stereocenters. The summed E-state index contributed by atoms with van der Waals surface area (Å²) in [6.07, 6.45) is 3.18. The van der Waals surface area contributed by atoms with Gasteiger partial charge in [-0.2, -0.15) is 18.4 Å². The largest absolute Gasteiger partial charge is 0.418 e. The number of rotatable bonds is 3. The van der Waals surface area contributed by atoms with Gasteiger partial charge in [0.05, 0.1) is 28.6 Å². The van der Waals surface area contributed by atoms with Gasteiger partial charge in [-0.3, -0.25) is 0 Å². The highest BCUT2D eigenvalue weighted by Crippen LogP contribution is 2.38. The molecular formula is C22H17F3N2. The van der Waals surface area contributed by atoms with Gasteiger partial charge in [0.2, 0.25) is 0 Å². The van der Waals surface area contributed by atoms with Crippen LogP contribution in [-0.2, 0) is 6.18 Å². The number of hydrogen-bond donors (Lipinski definition) is 0. The van der Waals surface area contributed by atoms with Crippen molar-refractivity contribution in [3.8, 4) is 6.07 Å². The average Bonchev–Trinajstić information content (AvgIpc) is 2.67. The Balaban J connectivity index is 2.21. The van der Waals surface area contributed by atoms with E-state index in [-0.39, 0.29) is 11.3 Å². The third kappa shape index (κ3) is 4.01. The Morgan fingerprint density at radius 2 is 1.81 bits per heavy atom. The first-order valence-electron chi connectivity index (χ1n) is 8.54. The van der Waals surface area contributed by atoms with Gasteiger partial charge in [0.15, 0.2) is 0 Å². The van der Waals surface area contributed by atoms with Crippen molar-refractivity contribution in [1.29, 1.82) is 5.26 Å². The number of nitriles is 1. The first kappa shape index (κ1) is 18.7. The fourth-order valence-corrected chi connectivity index (χ4v) is 3.08. The lowest BCUT2D eigenvalue weighted by atomic mass is 9.96. The minimum Gasteiger partial charge on any atom is -0.248 e. The van der Waals surface area contributed by atoms with Gasteiger partial charge in [-0.1, -0.05) is 48.6 Å². The molecular weight excluding hydrogens is 349 g/mol. The van der Waals surface area contributed by atoms with Crippen LogP contribution in [0.2, 0.25) is 0 Å². The lowest BCUT2D eigenvalue weighted by Crippen LogP contribution is -2.11. The monoisotopic (exact) mass is 366 g/mol. The topological polar surface area (TPSA) is 36.1 Å². The second kappa shape index (κ2) is 7.63. The van der Waals surface area contributed by atoms with Gasteiger partial charge in [0.25, 0.3) is 0 Å². The molecule has 27 heavy (non-hydrogen) atoms. The summed E-state index contributed by atoms with van der Waals surface area (Å²) < 4.78 is 40.4. The average molecular weight is 366 g/mol. The van der Waals surface area contributed by atoms with Crippen LogP contribution in [-0.4, -0.2) is 5.71 Å². The van der Waals surface area contributed by atoms with Crippen molar-refractivity contribution in [2.45, 2.75) is 25.9 Å². The maximum atomic E-state index is 13.5. The Morgan fingerprint density at radius 1 is 1.07 bits per heavy atom. The van der Waals surface area contributed by atoms with E-state index in [0.29, 0.717) is 5.71 Å². The second-order valence-corrected chi connectivity index (χ2v) is 6.21. The van der Waals surface area contributed by atoms with E-state index in [0.717, 1.165) is 24.0 Å². The Hall–Kier alpha value is -3.13. The van der Waals surface area contributed by atoms with Gasteiger partial charge in [-0.15, -0.1) is 0 Å². The number of allylic oxidation sites excluding steroid dienone is 4. The summed E-state index contributed by atoms with van der Waals surface area (Å²) in [5.74, 6) is 0. The molecule has 5 heteroatoms. The summed E-state index contributed by atoms with van der Waals surface area (Å²) in [7, 11) is 0. The number of hydrogen-bond acceptors (Lipinski definition) is 2. The molecule has 0 amide bonds. The van der Waals surface area contributed by atoms with Crippen LogP contribution >= 0.6 is 0 Å². The molecule has 0 saturated carbocycles. The quantitative estimate of drug-likeness (QED) is 0.589. The van der Waals surface area contributed by atoms with Crippen molar-refractivity contribution in [1.82, 2.24) is 0 Å². The zero-order chi connectivity index (χ0) is 19.4. The molecule has 0 aromatic heterocycles. The Morgan fingerprint density at radius 3 is 2.41 bits per heavy atom. The molecule has 2 aromatic rings. The Bertz CT molecular complexity index is 975. The fraction of sp³-hybridized carbons (Fsp3) is 0.182. The number of halogens is 3. The molecule has 136 valence electrons. The highest BCUT2D eigenvalue weighted by molar-refractivity contribution is 6.15. The van der Waals surface area contributed by atoms with E-state index in [1.54, 1.807) is 6.07 Å². The molecule has 2 aromatic carbocycles. The molecule has 1 aliphatic carbocycles. The first-order chi connectivity index (χ1) is 12.9. The fourth-order valence-electron chi connectivity index (χ4n) is 3.08. The Labute approximate surface area is 156 Å². The summed E-state index contributed by atoms with van der Waals surface area (Å²) in [5.41, 5.74) is 1.17. The van der Waals surface area contributed by atoms with Crippen LogP contribution in [0.15, 0.2) is 71.3 Å². The standard InChI is InChI=1S/C22H17F3N2/c1-15-19(13-12-18(14-26)20(15)22(23,24)25)27-21(16-8-4-2-5-9-16)17-10-6-3-7-11-17/h2,4-6,8-13H,3,7H2,1H3. The van der Waals surface area contributed by atoms with Crippen molar-refractivity contribution < 1.29 is 13.2 Å². The van der Waals surface area contributed by atoms with Gasteiger partial charge in [-0.25, -0.2) is 4.99 Å². The van der Waals surface area contributed by atoms with Crippen molar-refractivity contribution in [2.75, 3.05) is 0 Å². The first-order valence-corrected chi connectivity index (χ1v) is 8.54. The zero-order valence-corrected chi connectivity index (χ0v) is 14.7. The van der Waals surface area contributed by atoms with Gasteiger partial charge in [0.1, 0.15) is 0 Å². The van der Waals surface area contributed by atoms with Crippen molar-refractivity contribution in [3.05, 3.63) is 88.5 Å². The molecule has 0 heterocycles. The molecule has 0 unspecified atom stereocenters. The van der Waals surface area contributed by atoms with Crippen LogP contribution in [0.4, 0.5) is 18.9 Å². The van der Waals surface area contributed by atoms with E-state index in [2.05, 4.69) is 4.99 Å². The maximum absolute atomic E-state index is 13.5. The van der Waals surface area contributed by atoms with E-state index in [1.807, 2.05) is 48.6 Å². The molecule has 0 radical (unpaired) electrons. The molecule has 1 aliphatic rings. The molecule has 0 aliphatic heterocycles. The van der Waals surface area contributed by atoms with E-state index in [1.165, 1.54) is 19.1 Å². The summed E-state index contributed by atoms with van der Waals surface area (Å²) >= 11 is 0. The lowest BCUT2D eigenvalue weighted by Gasteiger charge is -2.16. The van der Waals surface area contributed by atoms with Crippen LogP contribution in [0.3, 0.4) is 0 Å². The number of aliphatic imine (C=N–C) groups is 1. The van der Waals surface area contributed by atoms with E-state index in [4.69, 9.17) is 5.26 Å². The minimum atomic E-state index is -4.61. The van der Waals surface area contributed by atoms with Crippen molar-refractivity contribution in [2.24, 2.45) is 4.99 Å². The molecule has 0 N–H and O–H groups in total. The van der Waals surface area contributed by atoms with Crippen molar-refractivity contribution >= 4 is 11.4 Å². The van der Waals surface area contributed by atoms with Gasteiger partial charge in [0, 0.05) is 5.56 Å². The zero-order valence-electron chi connectivity index (χ0n) is 14.7. The van der Waals surface area contributed by atoms with E-state index < -0.39 is 17.3 Å². The highest BCUT2D eigenvalue weighted by atomic mass is 19.4. The summed E-state index contributed by atoms with van der Waals surface area (Å²) in [6, 6.07) is 13.7. The third-order valence-corrected chi connectivity index (χ3v) is 4.39. The minimum absolute atomic E-state index is 0.0460. The summed E-state index contributed by atoms with van der Waals surface area (Å²) in [6.45, 7) is 1.36.